The van der Waals surface area contributed by atoms with Crippen LogP contribution in [0.1, 0.15) is 37.8 Å². The Kier molecular flexibility index (Phi) is 3.36. The van der Waals surface area contributed by atoms with Crippen LogP contribution in [0.4, 0.5) is 0 Å². The molecule has 1 aromatic heterocycles. The average Bonchev–Trinajstić information content (AvgIpc) is 2.45. The Bertz CT molecular complexity index is 639. The highest BCUT2D eigenvalue weighted by Gasteiger charge is 2.16. The molecule has 19 heavy (non-hydrogen) atoms. The highest BCUT2D eigenvalue weighted by Crippen LogP contribution is 2.25. The summed E-state index contributed by atoms with van der Waals surface area (Å²) in [5, 5.41) is 1.10. The number of rotatable bonds is 2. The zero-order valence-corrected chi connectivity index (χ0v) is 11.4. The van der Waals surface area contributed by atoms with Crippen molar-refractivity contribution >= 4 is 10.9 Å². The molecule has 3 rings (SSSR count). The van der Waals surface area contributed by atoms with Crippen molar-refractivity contribution in [1.82, 2.24) is 9.55 Å². The van der Waals surface area contributed by atoms with Crippen molar-refractivity contribution in [3.63, 3.8) is 0 Å². The summed E-state index contributed by atoms with van der Waals surface area (Å²) >= 11 is 0. The summed E-state index contributed by atoms with van der Waals surface area (Å²) in [6.45, 7) is 2.74. The van der Waals surface area contributed by atoms with Crippen molar-refractivity contribution in [3.8, 4) is 0 Å². The van der Waals surface area contributed by atoms with Gasteiger partial charge < -0.3 is 0 Å². The van der Waals surface area contributed by atoms with Gasteiger partial charge in [0, 0.05) is 11.9 Å². The van der Waals surface area contributed by atoms with Crippen LogP contribution in [0.3, 0.4) is 0 Å². The first-order chi connectivity index (χ1) is 9.25. The Morgan fingerprint density at radius 2 is 1.95 bits per heavy atom. The molecule has 0 radical (unpaired) electrons. The molecule has 1 fully saturated rings. The van der Waals surface area contributed by atoms with Gasteiger partial charge in [-0.05, 0) is 31.7 Å². The molecule has 3 nitrogen and oxygen atoms in total. The van der Waals surface area contributed by atoms with Crippen molar-refractivity contribution in [2.24, 2.45) is 5.92 Å². The van der Waals surface area contributed by atoms with Crippen LogP contribution >= 0.6 is 0 Å². The number of para-hydroxylation sites is 1. The zero-order valence-electron chi connectivity index (χ0n) is 11.4. The lowest BCUT2D eigenvalue weighted by atomic mass is 9.89. The summed E-state index contributed by atoms with van der Waals surface area (Å²) in [5.74, 6) is 0.638. The van der Waals surface area contributed by atoms with E-state index in [4.69, 9.17) is 0 Å². The van der Waals surface area contributed by atoms with E-state index in [0.29, 0.717) is 5.92 Å². The summed E-state index contributed by atoms with van der Waals surface area (Å²) in [6, 6.07) is 8.09. The molecule has 1 heterocycles. The van der Waals surface area contributed by atoms with Crippen LogP contribution in [0.25, 0.3) is 10.9 Å². The highest BCUT2D eigenvalue weighted by molar-refractivity contribution is 5.80. The van der Waals surface area contributed by atoms with Crippen LogP contribution in [0.5, 0.6) is 0 Å². The van der Waals surface area contributed by atoms with E-state index in [1.807, 2.05) is 29.7 Å². The van der Waals surface area contributed by atoms with Crippen LogP contribution in [0.2, 0.25) is 0 Å². The average molecular weight is 256 g/mol. The Morgan fingerprint density at radius 3 is 2.74 bits per heavy atom. The van der Waals surface area contributed by atoms with E-state index in [9.17, 15) is 4.79 Å². The Labute approximate surface area is 113 Å². The molecule has 0 bridgehead atoms. The molecule has 3 heteroatoms. The summed E-state index contributed by atoms with van der Waals surface area (Å²) in [5.41, 5.74) is 1.77. The monoisotopic (exact) mass is 256 g/mol. The number of benzene rings is 1. The quantitative estimate of drug-likeness (QED) is 0.826. The summed E-state index contributed by atoms with van der Waals surface area (Å²) in [6.07, 6.45) is 6.44. The molecule has 0 amide bonds. The molecule has 1 saturated carbocycles. The second-order valence-electron chi connectivity index (χ2n) is 5.61. The lowest BCUT2D eigenvalue weighted by Gasteiger charge is -2.23. The minimum absolute atomic E-state index is 0.0956. The largest absolute Gasteiger partial charge is 0.348 e. The number of hydrogen-bond acceptors (Lipinski definition) is 2. The molecule has 0 saturated heterocycles. The van der Waals surface area contributed by atoms with Crippen LogP contribution < -0.4 is 5.69 Å². The smallest absolute Gasteiger partial charge is 0.292 e. The molecule has 0 N–H and O–H groups in total. The fourth-order valence-corrected chi connectivity index (χ4v) is 3.19. The van der Waals surface area contributed by atoms with Gasteiger partial charge in [-0.15, -0.1) is 0 Å². The molecule has 1 aromatic carbocycles. The molecule has 2 aromatic rings. The van der Waals surface area contributed by atoms with Crippen LogP contribution in [0.15, 0.2) is 29.1 Å². The predicted octanol–water partition coefficient (Wildman–Crippen LogP) is 3.29. The van der Waals surface area contributed by atoms with Gasteiger partial charge in [0.25, 0.3) is 0 Å². The van der Waals surface area contributed by atoms with E-state index >= 15 is 0 Å². The number of nitrogens with zero attached hydrogens (tertiary/aromatic N) is 2. The molecule has 1 aliphatic rings. The van der Waals surface area contributed by atoms with E-state index < -0.39 is 0 Å². The topological polar surface area (TPSA) is 34.9 Å². The first-order valence-electron chi connectivity index (χ1n) is 7.22. The predicted molar refractivity (Wildman–Crippen MR) is 77.3 cm³/mol. The van der Waals surface area contributed by atoms with Gasteiger partial charge in [0.1, 0.15) is 0 Å². The SMILES string of the molecule is Cc1nc(=O)n(CC2CCCCC2)c2ccccc12. The Morgan fingerprint density at radius 1 is 1.21 bits per heavy atom. The second kappa shape index (κ2) is 5.16. The van der Waals surface area contributed by atoms with E-state index in [1.54, 1.807) is 0 Å². The van der Waals surface area contributed by atoms with E-state index in [0.717, 1.165) is 23.1 Å². The minimum Gasteiger partial charge on any atom is -0.292 e. The van der Waals surface area contributed by atoms with Gasteiger partial charge in [0.15, 0.2) is 0 Å². The van der Waals surface area contributed by atoms with Crippen LogP contribution in [-0.2, 0) is 6.54 Å². The normalized spacial score (nSPS) is 16.9. The van der Waals surface area contributed by atoms with Gasteiger partial charge in [-0.1, -0.05) is 37.5 Å². The minimum atomic E-state index is -0.0956. The van der Waals surface area contributed by atoms with E-state index in [2.05, 4.69) is 11.1 Å². The molecule has 0 aliphatic heterocycles. The first kappa shape index (κ1) is 12.4. The lowest BCUT2D eigenvalue weighted by molar-refractivity contribution is 0.318. The highest BCUT2D eigenvalue weighted by atomic mass is 16.1. The molecule has 1 aliphatic carbocycles. The fourth-order valence-electron chi connectivity index (χ4n) is 3.19. The maximum Gasteiger partial charge on any atom is 0.348 e. The van der Waals surface area contributed by atoms with E-state index in [-0.39, 0.29) is 5.69 Å². The molecular formula is C16H20N2O. The van der Waals surface area contributed by atoms with Crippen molar-refractivity contribution in [1.29, 1.82) is 0 Å². The number of fused-ring (bicyclic) bond motifs is 1. The summed E-state index contributed by atoms with van der Waals surface area (Å²) < 4.78 is 1.87. The zero-order chi connectivity index (χ0) is 13.2. The Balaban J connectivity index is 2.04. The third-order valence-electron chi connectivity index (χ3n) is 4.24. The third-order valence-corrected chi connectivity index (χ3v) is 4.24. The lowest BCUT2D eigenvalue weighted by Crippen LogP contribution is -2.28. The van der Waals surface area contributed by atoms with Crippen molar-refractivity contribution < 1.29 is 0 Å². The van der Waals surface area contributed by atoms with Crippen LogP contribution in [0, 0.1) is 12.8 Å². The molecular weight excluding hydrogens is 236 g/mol. The van der Waals surface area contributed by atoms with Crippen LogP contribution in [-0.4, -0.2) is 9.55 Å². The second-order valence-corrected chi connectivity index (χ2v) is 5.61. The van der Waals surface area contributed by atoms with Gasteiger partial charge in [0.05, 0.1) is 11.2 Å². The van der Waals surface area contributed by atoms with Gasteiger partial charge in [-0.3, -0.25) is 4.57 Å². The number of aryl methyl sites for hydroxylation is 1. The maximum atomic E-state index is 12.2. The number of aromatic nitrogens is 2. The summed E-state index contributed by atoms with van der Waals surface area (Å²) in [4.78, 5) is 16.4. The fraction of sp³-hybridized carbons (Fsp3) is 0.500. The molecule has 100 valence electrons. The third kappa shape index (κ3) is 2.42. The number of hydrogen-bond donors (Lipinski definition) is 0. The first-order valence-corrected chi connectivity index (χ1v) is 7.22. The molecule has 0 unspecified atom stereocenters. The van der Waals surface area contributed by atoms with E-state index in [1.165, 1.54) is 32.1 Å². The molecule has 0 spiro atoms. The van der Waals surface area contributed by atoms with Crippen molar-refractivity contribution in [3.05, 3.63) is 40.4 Å². The van der Waals surface area contributed by atoms with Gasteiger partial charge >= 0.3 is 5.69 Å². The standard InChI is InChI=1S/C16H20N2O/c1-12-14-9-5-6-10-15(14)18(16(19)17-12)11-13-7-3-2-4-8-13/h5-6,9-10,13H,2-4,7-8,11H2,1H3. The van der Waals surface area contributed by atoms with Crippen molar-refractivity contribution in [2.45, 2.75) is 45.6 Å². The maximum absolute atomic E-state index is 12.2. The van der Waals surface area contributed by atoms with Crippen molar-refractivity contribution in [2.75, 3.05) is 0 Å². The Hall–Kier alpha value is -1.64. The van der Waals surface area contributed by atoms with Gasteiger partial charge in [-0.25, -0.2) is 4.79 Å². The summed E-state index contributed by atoms with van der Waals surface area (Å²) in [7, 11) is 0. The van der Waals surface area contributed by atoms with Gasteiger partial charge in [-0.2, -0.15) is 4.98 Å². The molecule has 0 atom stereocenters. The van der Waals surface area contributed by atoms with Gasteiger partial charge in [0.2, 0.25) is 0 Å².